The van der Waals surface area contributed by atoms with E-state index in [4.69, 9.17) is 14.2 Å². The summed E-state index contributed by atoms with van der Waals surface area (Å²) in [6, 6.07) is 0. The van der Waals surface area contributed by atoms with Gasteiger partial charge in [0.25, 0.3) is 0 Å². The fourth-order valence-corrected chi connectivity index (χ4v) is 2.32. The summed E-state index contributed by atoms with van der Waals surface area (Å²) < 4.78 is 16.6. The van der Waals surface area contributed by atoms with Crippen LogP contribution in [0.1, 0.15) is 12.8 Å². The number of nitrogens with zero attached hydrogens (tertiary/aromatic N) is 1. The molecule has 0 amide bonds. The molecule has 3 aliphatic rings. The first-order valence-corrected chi connectivity index (χ1v) is 5.48. The van der Waals surface area contributed by atoms with Gasteiger partial charge in [0.2, 0.25) is 0 Å². The maximum atomic E-state index is 5.67. The first-order chi connectivity index (χ1) is 6.86. The van der Waals surface area contributed by atoms with Gasteiger partial charge in [-0.3, -0.25) is 0 Å². The number of ether oxygens (including phenoxy) is 3. The van der Waals surface area contributed by atoms with Crippen LogP contribution in [0.2, 0.25) is 0 Å². The second-order valence-corrected chi connectivity index (χ2v) is 4.36. The molecule has 1 atom stereocenters. The third kappa shape index (κ3) is 1.80. The summed E-state index contributed by atoms with van der Waals surface area (Å²) in [7, 11) is 0. The lowest BCUT2D eigenvalue weighted by atomic mass is 10.0. The topological polar surface area (TPSA) is 34.2 Å². The Morgan fingerprint density at radius 2 is 1.79 bits per heavy atom. The first-order valence-electron chi connectivity index (χ1n) is 5.48. The van der Waals surface area contributed by atoms with Crippen molar-refractivity contribution in [2.75, 3.05) is 39.5 Å². The highest BCUT2D eigenvalue weighted by atomic mass is 16.7. The molecule has 3 aliphatic heterocycles. The molecule has 0 radical (unpaired) electrons. The Morgan fingerprint density at radius 1 is 1.14 bits per heavy atom. The van der Waals surface area contributed by atoms with E-state index in [-0.39, 0.29) is 5.79 Å². The average Bonchev–Trinajstić information content (AvgIpc) is 2.91. The van der Waals surface area contributed by atoms with Gasteiger partial charge in [-0.15, -0.1) is 0 Å². The van der Waals surface area contributed by atoms with Crippen LogP contribution in [0, 0.1) is 0 Å². The molecular weight excluding hydrogens is 182 g/mol. The SMILES string of the molecule is C1COC2(CCN(C[C@H]3CO3)CC2)O1. The van der Waals surface area contributed by atoms with Crippen molar-refractivity contribution >= 4 is 0 Å². The van der Waals surface area contributed by atoms with Crippen LogP contribution in [0.5, 0.6) is 0 Å². The van der Waals surface area contributed by atoms with Crippen LogP contribution in [0.3, 0.4) is 0 Å². The van der Waals surface area contributed by atoms with Crippen molar-refractivity contribution in [2.45, 2.75) is 24.7 Å². The maximum absolute atomic E-state index is 5.67. The van der Waals surface area contributed by atoms with Gasteiger partial charge in [-0.1, -0.05) is 0 Å². The van der Waals surface area contributed by atoms with E-state index < -0.39 is 0 Å². The van der Waals surface area contributed by atoms with Crippen molar-refractivity contribution < 1.29 is 14.2 Å². The van der Waals surface area contributed by atoms with E-state index in [1.807, 2.05) is 0 Å². The predicted octanol–water partition coefficient (Wildman–Crippen LogP) is 0.224. The Labute approximate surface area is 84.1 Å². The number of epoxide rings is 1. The van der Waals surface area contributed by atoms with E-state index in [9.17, 15) is 0 Å². The molecule has 0 aromatic rings. The Bertz CT molecular complexity index is 201. The molecule has 4 heteroatoms. The normalized spacial score (nSPS) is 36.4. The minimum atomic E-state index is -0.221. The monoisotopic (exact) mass is 199 g/mol. The fourth-order valence-electron chi connectivity index (χ4n) is 2.32. The molecule has 1 spiro atoms. The Kier molecular flexibility index (Phi) is 2.24. The molecule has 3 fully saturated rings. The molecule has 3 heterocycles. The van der Waals surface area contributed by atoms with Crippen molar-refractivity contribution in [1.29, 1.82) is 0 Å². The van der Waals surface area contributed by atoms with E-state index in [1.165, 1.54) is 0 Å². The van der Waals surface area contributed by atoms with Crippen LogP contribution in [0.15, 0.2) is 0 Å². The lowest BCUT2D eigenvalue weighted by Gasteiger charge is -2.37. The standard InChI is InChI=1S/C10H17NO3/c1-3-11(7-9-8-12-9)4-2-10(1)13-5-6-14-10/h9H,1-8H2/t9-/m0/s1. The summed E-state index contributed by atoms with van der Waals surface area (Å²) >= 11 is 0. The van der Waals surface area contributed by atoms with Crippen LogP contribution in [-0.4, -0.2) is 56.2 Å². The van der Waals surface area contributed by atoms with Crippen molar-refractivity contribution in [3.8, 4) is 0 Å². The summed E-state index contributed by atoms with van der Waals surface area (Å²) in [4.78, 5) is 2.45. The lowest BCUT2D eigenvalue weighted by Crippen LogP contribution is -2.46. The van der Waals surface area contributed by atoms with Crippen molar-refractivity contribution in [2.24, 2.45) is 0 Å². The minimum absolute atomic E-state index is 0.221. The summed E-state index contributed by atoms with van der Waals surface area (Å²) in [5.41, 5.74) is 0. The van der Waals surface area contributed by atoms with Gasteiger partial charge < -0.3 is 19.1 Å². The highest BCUT2D eigenvalue weighted by molar-refractivity contribution is 4.85. The Balaban J connectivity index is 1.50. The van der Waals surface area contributed by atoms with Gasteiger partial charge >= 0.3 is 0 Å². The lowest BCUT2D eigenvalue weighted by molar-refractivity contribution is -0.185. The molecule has 0 bridgehead atoms. The summed E-state index contributed by atoms with van der Waals surface area (Å²) in [5.74, 6) is -0.221. The zero-order chi connectivity index (χ0) is 9.43. The van der Waals surface area contributed by atoms with Crippen LogP contribution in [0.25, 0.3) is 0 Å². The fraction of sp³-hybridized carbons (Fsp3) is 1.00. The van der Waals surface area contributed by atoms with E-state index in [1.54, 1.807) is 0 Å². The smallest absolute Gasteiger partial charge is 0.170 e. The second-order valence-electron chi connectivity index (χ2n) is 4.36. The molecule has 0 unspecified atom stereocenters. The van der Waals surface area contributed by atoms with E-state index in [0.29, 0.717) is 6.10 Å². The molecule has 0 aromatic heterocycles. The van der Waals surface area contributed by atoms with Gasteiger partial charge in [0.15, 0.2) is 5.79 Å². The molecule has 0 aromatic carbocycles. The van der Waals surface area contributed by atoms with Crippen LogP contribution < -0.4 is 0 Å². The highest BCUT2D eigenvalue weighted by Crippen LogP contribution is 2.31. The number of hydrogen-bond acceptors (Lipinski definition) is 4. The van der Waals surface area contributed by atoms with Gasteiger partial charge in [-0.05, 0) is 0 Å². The van der Waals surface area contributed by atoms with Crippen LogP contribution in [0.4, 0.5) is 0 Å². The zero-order valence-electron chi connectivity index (χ0n) is 8.41. The third-order valence-corrected chi connectivity index (χ3v) is 3.30. The quantitative estimate of drug-likeness (QED) is 0.596. The largest absolute Gasteiger partial charge is 0.372 e. The number of rotatable bonds is 2. The van der Waals surface area contributed by atoms with Gasteiger partial charge in [0.05, 0.1) is 25.9 Å². The second kappa shape index (κ2) is 3.45. The van der Waals surface area contributed by atoms with Crippen molar-refractivity contribution in [3.05, 3.63) is 0 Å². The molecule has 3 rings (SSSR count). The molecule has 3 saturated heterocycles. The third-order valence-electron chi connectivity index (χ3n) is 3.30. The average molecular weight is 199 g/mol. The molecule has 4 nitrogen and oxygen atoms in total. The number of likely N-dealkylation sites (tertiary alicyclic amines) is 1. The molecule has 80 valence electrons. The Hall–Kier alpha value is -0.160. The Morgan fingerprint density at radius 3 is 2.36 bits per heavy atom. The predicted molar refractivity (Wildman–Crippen MR) is 50.0 cm³/mol. The van der Waals surface area contributed by atoms with Gasteiger partial charge in [0, 0.05) is 32.5 Å². The molecule has 14 heavy (non-hydrogen) atoms. The van der Waals surface area contributed by atoms with Crippen molar-refractivity contribution in [3.63, 3.8) is 0 Å². The van der Waals surface area contributed by atoms with Crippen LogP contribution in [-0.2, 0) is 14.2 Å². The van der Waals surface area contributed by atoms with E-state index >= 15 is 0 Å². The van der Waals surface area contributed by atoms with E-state index in [0.717, 1.165) is 52.3 Å². The number of piperidine rings is 1. The summed E-state index contributed by atoms with van der Waals surface area (Å²) in [6.07, 6.45) is 2.54. The maximum Gasteiger partial charge on any atom is 0.170 e. The first kappa shape index (κ1) is 9.09. The van der Waals surface area contributed by atoms with Gasteiger partial charge in [0.1, 0.15) is 0 Å². The summed E-state index contributed by atoms with van der Waals surface area (Å²) in [6.45, 7) is 5.75. The molecule has 0 N–H and O–H groups in total. The summed E-state index contributed by atoms with van der Waals surface area (Å²) in [5, 5.41) is 0. The molecule has 0 saturated carbocycles. The van der Waals surface area contributed by atoms with Gasteiger partial charge in [-0.25, -0.2) is 0 Å². The van der Waals surface area contributed by atoms with E-state index in [2.05, 4.69) is 4.90 Å². The zero-order valence-corrected chi connectivity index (χ0v) is 8.41. The highest BCUT2D eigenvalue weighted by Gasteiger charge is 2.40. The van der Waals surface area contributed by atoms with Gasteiger partial charge in [-0.2, -0.15) is 0 Å². The van der Waals surface area contributed by atoms with Crippen molar-refractivity contribution in [1.82, 2.24) is 4.90 Å². The minimum Gasteiger partial charge on any atom is -0.372 e. The molecular formula is C10H17NO3. The molecule has 0 aliphatic carbocycles. The number of hydrogen-bond donors (Lipinski definition) is 0. The van der Waals surface area contributed by atoms with Crippen LogP contribution >= 0.6 is 0 Å².